The Labute approximate surface area is 132 Å². The molecule has 0 aromatic heterocycles. The smallest absolute Gasteiger partial charge is 0.129 e. The molecule has 0 saturated heterocycles. The van der Waals surface area contributed by atoms with Crippen LogP contribution >= 0.6 is 27.5 Å². The molecule has 106 valence electrons. The number of benzene rings is 2. The van der Waals surface area contributed by atoms with E-state index < -0.39 is 0 Å². The molecule has 0 unspecified atom stereocenters. The van der Waals surface area contributed by atoms with Gasteiger partial charge in [0.15, 0.2) is 0 Å². The first kappa shape index (κ1) is 15.5. The molecule has 0 radical (unpaired) electrons. The summed E-state index contributed by atoms with van der Waals surface area (Å²) in [5.41, 5.74) is 3.48. The fourth-order valence-electron chi connectivity index (χ4n) is 2.16. The minimum atomic E-state index is -0.121. The molecule has 0 saturated carbocycles. The third kappa shape index (κ3) is 3.81. The highest BCUT2D eigenvalue weighted by Crippen LogP contribution is 2.21. The van der Waals surface area contributed by atoms with Crippen LogP contribution in [-0.4, -0.2) is 0 Å². The Morgan fingerprint density at radius 1 is 1.10 bits per heavy atom. The highest BCUT2D eigenvalue weighted by atomic mass is 79.9. The van der Waals surface area contributed by atoms with Gasteiger partial charge in [0.2, 0.25) is 0 Å². The third-order valence-electron chi connectivity index (χ3n) is 3.15. The van der Waals surface area contributed by atoms with Gasteiger partial charge < -0.3 is 5.32 Å². The van der Waals surface area contributed by atoms with Crippen LogP contribution in [0.3, 0.4) is 0 Å². The monoisotopic (exact) mass is 355 g/mol. The Balaban J connectivity index is 2.01. The number of hydrogen-bond donors (Lipinski definition) is 1. The summed E-state index contributed by atoms with van der Waals surface area (Å²) < 4.78 is 14.6. The first-order valence-electron chi connectivity index (χ1n) is 6.37. The molecule has 0 aliphatic carbocycles. The van der Waals surface area contributed by atoms with E-state index in [9.17, 15) is 4.39 Å². The molecule has 2 aromatic carbocycles. The largest absolute Gasteiger partial charge is 0.309 e. The summed E-state index contributed by atoms with van der Waals surface area (Å²) in [4.78, 5) is 0. The summed E-state index contributed by atoms with van der Waals surface area (Å²) in [6, 6.07) is 9.53. The lowest BCUT2D eigenvalue weighted by atomic mass is 10.1. The van der Waals surface area contributed by atoms with E-state index in [2.05, 4.69) is 21.2 Å². The minimum absolute atomic E-state index is 0.121. The van der Waals surface area contributed by atoms with Crippen LogP contribution in [0.5, 0.6) is 0 Å². The van der Waals surface area contributed by atoms with Crippen LogP contribution in [0.2, 0.25) is 5.02 Å². The highest BCUT2D eigenvalue weighted by Gasteiger charge is 2.05. The van der Waals surface area contributed by atoms with Gasteiger partial charge in [0.05, 0.1) is 0 Å². The van der Waals surface area contributed by atoms with E-state index in [0.29, 0.717) is 24.2 Å². The third-order valence-corrected chi connectivity index (χ3v) is 4.01. The lowest BCUT2D eigenvalue weighted by molar-refractivity contribution is 0.606. The molecule has 20 heavy (non-hydrogen) atoms. The second-order valence-electron chi connectivity index (χ2n) is 4.88. The summed E-state index contributed by atoms with van der Waals surface area (Å²) in [5, 5.41) is 4.07. The lowest BCUT2D eigenvalue weighted by Crippen LogP contribution is -2.13. The molecule has 0 fully saturated rings. The van der Waals surface area contributed by atoms with Gasteiger partial charge in [-0.2, -0.15) is 0 Å². The topological polar surface area (TPSA) is 12.0 Å². The molecule has 0 aliphatic heterocycles. The molecular formula is C16H16BrClFN. The van der Waals surface area contributed by atoms with Crippen molar-refractivity contribution in [3.05, 3.63) is 67.9 Å². The molecule has 0 aliphatic rings. The maximum absolute atomic E-state index is 13.6. The van der Waals surface area contributed by atoms with Gasteiger partial charge in [0, 0.05) is 22.6 Å². The average Bonchev–Trinajstić information content (AvgIpc) is 2.40. The van der Waals surface area contributed by atoms with E-state index in [0.717, 1.165) is 20.6 Å². The van der Waals surface area contributed by atoms with Crippen molar-refractivity contribution in [1.82, 2.24) is 5.32 Å². The van der Waals surface area contributed by atoms with Gasteiger partial charge in [-0.3, -0.25) is 0 Å². The zero-order valence-corrected chi connectivity index (χ0v) is 13.8. The Morgan fingerprint density at radius 3 is 2.40 bits per heavy atom. The standard InChI is InChI=1S/C16H16BrClFN/c1-10-5-12(6-11(2)16(10)19)8-20-9-13-7-14(17)3-4-15(13)18/h3-7,20H,8-9H2,1-2H3. The van der Waals surface area contributed by atoms with Gasteiger partial charge in [-0.25, -0.2) is 4.39 Å². The summed E-state index contributed by atoms with van der Waals surface area (Å²) in [6.45, 7) is 4.94. The average molecular weight is 357 g/mol. The van der Waals surface area contributed by atoms with E-state index >= 15 is 0 Å². The number of aryl methyl sites for hydroxylation is 2. The summed E-state index contributed by atoms with van der Waals surface area (Å²) in [5.74, 6) is -0.121. The first-order valence-corrected chi connectivity index (χ1v) is 7.54. The number of nitrogens with one attached hydrogen (secondary N) is 1. The minimum Gasteiger partial charge on any atom is -0.309 e. The molecule has 1 N–H and O–H groups in total. The molecule has 0 bridgehead atoms. The van der Waals surface area contributed by atoms with Crippen molar-refractivity contribution in [2.45, 2.75) is 26.9 Å². The van der Waals surface area contributed by atoms with E-state index in [1.54, 1.807) is 13.8 Å². The fraction of sp³-hybridized carbons (Fsp3) is 0.250. The van der Waals surface area contributed by atoms with Gasteiger partial charge >= 0.3 is 0 Å². The maximum atomic E-state index is 13.6. The zero-order valence-electron chi connectivity index (χ0n) is 11.4. The normalized spacial score (nSPS) is 10.8. The Hall–Kier alpha value is -0.900. The predicted octanol–water partition coefficient (Wildman–Crippen LogP) is 5.15. The molecule has 0 amide bonds. The van der Waals surface area contributed by atoms with E-state index in [-0.39, 0.29) is 5.82 Å². The summed E-state index contributed by atoms with van der Waals surface area (Å²) in [7, 11) is 0. The van der Waals surface area contributed by atoms with Crippen LogP contribution in [0.25, 0.3) is 0 Å². The van der Waals surface area contributed by atoms with Crippen LogP contribution < -0.4 is 5.32 Å². The molecule has 2 aromatic rings. The molecular weight excluding hydrogens is 341 g/mol. The number of rotatable bonds is 4. The second kappa shape index (κ2) is 6.70. The van der Waals surface area contributed by atoms with Crippen LogP contribution in [0.4, 0.5) is 4.39 Å². The Kier molecular flexibility index (Phi) is 5.19. The molecule has 0 atom stereocenters. The van der Waals surface area contributed by atoms with Crippen molar-refractivity contribution in [3.8, 4) is 0 Å². The summed E-state index contributed by atoms with van der Waals surface area (Å²) >= 11 is 9.57. The van der Waals surface area contributed by atoms with Crippen LogP contribution in [0.15, 0.2) is 34.8 Å². The summed E-state index contributed by atoms with van der Waals surface area (Å²) in [6.07, 6.45) is 0. The number of halogens is 3. The van der Waals surface area contributed by atoms with Crippen molar-refractivity contribution in [2.24, 2.45) is 0 Å². The van der Waals surface area contributed by atoms with Gasteiger partial charge in [-0.1, -0.05) is 39.7 Å². The van der Waals surface area contributed by atoms with Crippen molar-refractivity contribution >= 4 is 27.5 Å². The molecule has 1 nitrogen and oxygen atoms in total. The quantitative estimate of drug-likeness (QED) is 0.799. The first-order chi connectivity index (χ1) is 9.47. The molecule has 2 rings (SSSR count). The van der Waals surface area contributed by atoms with Gasteiger partial charge in [-0.15, -0.1) is 0 Å². The number of hydrogen-bond acceptors (Lipinski definition) is 1. The fourth-order valence-corrected chi connectivity index (χ4v) is 2.75. The van der Waals surface area contributed by atoms with E-state index in [1.807, 2.05) is 30.3 Å². The van der Waals surface area contributed by atoms with Crippen molar-refractivity contribution < 1.29 is 4.39 Å². The highest BCUT2D eigenvalue weighted by molar-refractivity contribution is 9.10. The molecule has 4 heteroatoms. The van der Waals surface area contributed by atoms with Gasteiger partial charge in [-0.05, 0) is 54.3 Å². The van der Waals surface area contributed by atoms with Crippen LogP contribution in [-0.2, 0) is 13.1 Å². The van der Waals surface area contributed by atoms with Crippen LogP contribution in [0, 0.1) is 19.7 Å². The van der Waals surface area contributed by atoms with Gasteiger partial charge in [0.25, 0.3) is 0 Å². The zero-order chi connectivity index (χ0) is 14.7. The Morgan fingerprint density at radius 2 is 1.75 bits per heavy atom. The van der Waals surface area contributed by atoms with Gasteiger partial charge in [0.1, 0.15) is 5.82 Å². The molecule has 0 heterocycles. The maximum Gasteiger partial charge on any atom is 0.129 e. The van der Waals surface area contributed by atoms with E-state index in [1.165, 1.54) is 0 Å². The van der Waals surface area contributed by atoms with E-state index in [4.69, 9.17) is 11.6 Å². The molecule has 0 spiro atoms. The lowest BCUT2D eigenvalue weighted by Gasteiger charge is -2.10. The van der Waals surface area contributed by atoms with Crippen molar-refractivity contribution in [1.29, 1.82) is 0 Å². The van der Waals surface area contributed by atoms with Crippen molar-refractivity contribution in [2.75, 3.05) is 0 Å². The van der Waals surface area contributed by atoms with Crippen molar-refractivity contribution in [3.63, 3.8) is 0 Å². The SMILES string of the molecule is Cc1cc(CNCc2cc(Br)ccc2Cl)cc(C)c1F. The second-order valence-corrected chi connectivity index (χ2v) is 6.21. The Bertz CT molecular complexity index is 605. The predicted molar refractivity (Wildman–Crippen MR) is 85.6 cm³/mol. The van der Waals surface area contributed by atoms with Crippen LogP contribution in [0.1, 0.15) is 22.3 Å².